The summed E-state index contributed by atoms with van der Waals surface area (Å²) in [4.78, 5) is 29.7. The van der Waals surface area contributed by atoms with Crippen molar-refractivity contribution in [3.63, 3.8) is 0 Å². The largest absolute Gasteiger partial charge is 0.329 e. The zero-order chi connectivity index (χ0) is 18.5. The molecule has 2 heterocycles. The first kappa shape index (κ1) is 16.7. The Morgan fingerprint density at radius 2 is 1.88 bits per heavy atom. The quantitative estimate of drug-likeness (QED) is 0.696. The Morgan fingerprint density at radius 3 is 2.54 bits per heavy atom. The number of aryl methyl sites for hydroxylation is 1. The van der Waals surface area contributed by atoms with Crippen molar-refractivity contribution in [2.24, 2.45) is 7.05 Å². The maximum absolute atomic E-state index is 12.8. The van der Waals surface area contributed by atoms with E-state index in [9.17, 15) is 18.0 Å². The molecule has 8 nitrogen and oxygen atoms in total. The Labute approximate surface area is 148 Å². The number of nitrogens with one attached hydrogen (secondary N) is 2. The summed E-state index contributed by atoms with van der Waals surface area (Å²) in [5.41, 5.74) is -0.869. The van der Waals surface area contributed by atoms with Gasteiger partial charge in [0.25, 0.3) is 5.56 Å². The van der Waals surface area contributed by atoms with Gasteiger partial charge in [0.2, 0.25) is 10.0 Å². The zero-order valence-corrected chi connectivity index (χ0v) is 14.7. The standard InChI is InChI=1S/C17H16N4O4S/c1-21-14-13(15(22)19-16(21)23)9-12(10-18-14)26(24,25)20-17(7-8-17)11-5-3-2-4-6-11/h2-6,9-10,20H,7-8H2,1H3,(H,19,22,23). The summed E-state index contributed by atoms with van der Waals surface area (Å²) in [6.45, 7) is 0. The van der Waals surface area contributed by atoms with Crippen LogP contribution < -0.4 is 16.0 Å². The topological polar surface area (TPSA) is 114 Å². The lowest BCUT2D eigenvalue weighted by Crippen LogP contribution is -2.35. The van der Waals surface area contributed by atoms with Crippen LogP contribution in [0.2, 0.25) is 0 Å². The third kappa shape index (κ3) is 2.65. The molecule has 0 unspecified atom stereocenters. The number of aromatic amines is 1. The molecular formula is C17H16N4O4S. The molecule has 26 heavy (non-hydrogen) atoms. The van der Waals surface area contributed by atoms with Crippen LogP contribution in [0.5, 0.6) is 0 Å². The lowest BCUT2D eigenvalue weighted by atomic mass is 10.1. The molecule has 1 aromatic carbocycles. The van der Waals surface area contributed by atoms with Crippen molar-refractivity contribution in [1.29, 1.82) is 0 Å². The van der Waals surface area contributed by atoms with E-state index < -0.39 is 26.8 Å². The Kier molecular flexibility index (Phi) is 3.60. The van der Waals surface area contributed by atoms with Crippen LogP contribution in [0.15, 0.2) is 57.1 Å². The molecule has 0 aliphatic heterocycles. The smallest absolute Gasteiger partial charge is 0.281 e. The number of benzene rings is 1. The molecule has 1 aliphatic carbocycles. The fourth-order valence-corrected chi connectivity index (χ4v) is 4.43. The van der Waals surface area contributed by atoms with E-state index in [0.29, 0.717) is 12.8 Å². The number of aromatic nitrogens is 3. The first-order valence-electron chi connectivity index (χ1n) is 8.01. The molecule has 2 N–H and O–H groups in total. The van der Waals surface area contributed by atoms with Crippen LogP contribution in [0.25, 0.3) is 11.0 Å². The van der Waals surface area contributed by atoms with Gasteiger partial charge in [0.05, 0.1) is 10.9 Å². The van der Waals surface area contributed by atoms with Crippen LogP contribution in [-0.2, 0) is 22.6 Å². The molecule has 2 aromatic heterocycles. The Bertz CT molecular complexity index is 1230. The second-order valence-corrected chi connectivity index (χ2v) is 8.10. The number of hydrogen-bond donors (Lipinski definition) is 2. The number of nitrogens with zero attached hydrogens (tertiary/aromatic N) is 2. The highest BCUT2D eigenvalue weighted by molar-refractivity contribution is 7.89. The number of sulfonamides is 1. The molecule has 1 aliphatic rings. The monoisotopic (exact) mass is 372 g/mol. The third-order valence-corrected chi connectivity index (χ3v) is 6.15. The van der Waals surface area contributed by atoms with Crippen molar-refractivity contribution < 1.29 is 8.42 Å². The molecule has 0 bridgehead atoms. The van der Waals surface area contributed by atoms with E-state index in [1.54, 1.807) is 0 Å². The summed E-state index contributed by atoms with van der Waals surface area (Å²) in [5.74, 6) is 0. The summed E-state index contributed by atoms with van der Waals surface area (Å²) in [6.07, 6.45) is 2.56. The average Bonchev–Trinajstić information content (AvgIpc) is 3.40. The summed E-state index contributed by atoms with van der Waals surface area (Å²) in [6, 6.07) is 10.6. The lowest BCUT2D eigenvalue weighted by Gasteiger charge is -2.18. The first-order valence-corrected chi connectivity index (χ1v) is 9.49. The van der Waals surface area contributed by atoms with E-state index in [2.05, 4.69) is 14.7 Å². The van der Waals surface area contributed by atoms with Crippen LogP contribution in [-0.4, -0.2) is 23.0 Å². The highest BCUT2D eigenvalue weighted by Gasteiger charge is 2.47. The predicted molar refractivity (Wildman–Crippen MR) is 95.3 cm³/mol. The molecule has 4 rings (SSSR count). The Hall–Kier alpha value is -2.78. The second kappa shape index (κ2) is 5.61. The second-order valence-electron chi connectivity index (χ2n) is 6.41. The lowest BCUT2D eigenvalue weighted by molar-refractivity contribution is 0.551. The minimum atomic E-state index is -3.89. The van der Waals surface area contributed by atoms with Gasteiger partial charge in [-0.1, -0.05) is 30.3 Å². The molecule has 134 valence electrons. The zero-order valence-electron chi connectivity index (χ0n) is 13.9. The summed E-state index contributed by atoms with van der Waals surface area (Å²) < 4.78 is 29.6. The predicted octanol–water partition coefficient (Wildman–Crippen LogP) is 0.589. The van der Waals surface area contributed by atoms with Gasteiger partial charge < -0.3 is 0 Å². The molecule has 0 atom stereocenters. The fourth-order valence-electron chi connectivity index (χ4n) is 3.01. The van der Waals surface area contributed by atoms with Gasteiger partial charge in [-0.2, -0.15) is 0 Å². The van der Waals surface area contributed by atoms with E-state index in [4.69, 9.17) is 0 Å². The van der Waals surface area contributed by atoms with Crippen molar-refractivity contribution >= 4 is 21.1 Å². The molecule has 0 spiro atoms. The first-order chi connectivity index (χ1) is 12.3. The van der Waals surface area contributed by atoms with Crippen molar-refractivity contribution in [2.75, 3.05) is 0 Å². The minimum absolute atomic E-state index is 0.0412. The molecule has 0 saturated heterocycles. The highest BCUT2D eigenvalue weighted by Crippen LogP contribution is 2.46. The molecular weight excluding hydrogens is 356 g/mol. The van der Waals surface area contributed by atoms with E-state index in [1.165, 1.54) is 13.1 Å². The van der Waals surface area contributed by atoms with E-state index in [0.717, 1.165) is 16.3 Å². The van der Waals surface area contributed by atoms with Crippen LogP contribution in [0.3, 0.4) is 0 Å². The van der Waals surface area contributed by atoms with Gasteiger partial charge in [0.1, 0.15) is 10.5 Å². The van der Waals surface area contributed by atoms with Gasteiger partial charge in [0.15, 0.2) is 0 Å². The SMILES string of the molecule is Cn1c(=O)[nH]c(=O)c2cc(S(=O)(=O)NC3(c4ccccc4)CC3)cnc21. The Balaban J connectivity index is 1.78. The number of fused-ring (bicyclic) bond motifs is 1. The maximum atomic E-state index is 12.8. The van der Waals surface area contributed by atoms with Crippen LogP contribution in [0, 0.1) is 0 Å². The van der Waals surface area contributed by atoms with E-state index in [-0.39, 0.29) is 15.9 Å². The molecule has 0 radical (unpaired) electrons. The summed E-state index contributed by atoms with van der Waals surface area (Å²) in [7, 11) is -2.43. The van der Waals surface area contributed by atoms with Gasteiger partial charge >= 0.3 is 5.69 Å². The molecule has 3 aromatic rings. The van der Waals surface area contributed by atoms with Crippen LogP contribution in [0.1, 0.15) is 18.4 Å². The molecule has 9 heteroatoms. The van der Waals surface area contributed by atoms with Gasteiger partial charge in [0, 0.05) is 13.2 Å². The van der Waals surface area contributed by atoms with Gasteiger partial charge in [-0.15, -0.1) is 0 Å². The normalized spacial score (nSPS) is 15.9. The van der Waals surface area contributed by atoms with Gasteiger partial charge in [-0.25, -0.2) is 22.9 Å². The van der Waals surface area contributed by atoms with Crippen LogP contribution >= 0.6 is 0 Å². The Morgan fingerprint density at radius 1 is 1.19 bits per heavy atom. The van der Waals surface area contributed by atoms with Crippen molar-refractivity contribution in [3.8, 4) is 0 Å². The number of rotatable bonds is 4. The number of hydrogen-bond acceptors (Lipinski definition) is 5. The van der Waals surface area contributed by atoms with Crippen molar-refractivity contribution in [3.05, 3.63) is 69.0 Å². The minimum Gasteiger partial charge on any atom is -0.281 e. The highest BCUT2D eigenvalue weighted by atomic mass is 32.2. The van der Waals surface area contributed by atoms with E-state index in [1.807, 2.05) is 30.3 Å². The molecule has 1 fully saturated rings. The maximum Gasteiger partial charge on any atom is 0.329 e. The van der Waals surface area contributed by atoms with Crippen molar-refractivity contribution in [1.82, 2.24) is 19.3 Å². The number of pyridine rings is 1. The van der Waals surface area contributed by atoms with Crippen LogP contribution in [0.4, 0.5) is 0 Å². The molecule has 0 amide bonds. The van der Waals surface area contributed by atoms with Crippen molar-refractivity contribution in [2.45, 2.75) is 23.3 Å². The summed E-state index contributed by atoms with van der Waals surface area (Å²) >= 11 is 0. The summed E-state index contributed by atoms with van der Waals surface area (Å²) in [5, 5.41) is 0.0412. The fraction of sp³-hybridized carbons (Fsp3) is 0.235. The number of H-pyrrole nitrogens is 1. The van der Waals surface area contributed by atoms with Gasteiger partial charge in [-0.3, -0.25) is 14.3 Å². The third-order valence-electron chi connectivity index (χ3n) is 4.65. The molecule has 1 saturated carbocycles. The average molecular weight is 372 g/mol. The van der Waals surface area contributed by atoms with E-state index >= 15 is 0 Å². The van der Waals surface area contributed by atoms with Gasteiger partial charge in [-0.05, 0) is 24.5 Å².